The fourth-order valence-electron chi connectivity index (χ4n) is 1.04. The summed E-state index contributed by atoms with van der Waals surface area (Å²) >= 11 is 5.69. The molecule has 10 heteroatoms. The van der Waals surface area contributed by atoms with E-state index >= 15 is 0 Å². The van der Waals surface area contributed by atoms with Gasteiger partial charge in [-0.1, -0.05) is 16.7 Å². The van der Waals surface area contributed by atoms with Gasteiger partial charge in [0.2, 0.25) is 0 Å². The van der Waals surface area contributed by atoms with Crippen molar-refractivity contribution in [2.45, 2.75) is 5.03 Å². The topological polar surface area (TPSA) is 113 Å². The molecule has 0 aromatic carbocycles. The van der Waals surface area contributed by atoms with E-state index in [9.17, 15) is 8.42 Å². The van der Waals surface area contributed by atoms with Gasteiger partial charge in [-0.05, 0) is 5.53 Å². The van der Waals surface area contributed by atoms with Gasteiger partial charge in [-0.2, -0.15) is 5.10 Å². The van der Waals surface area contributed by atoms with Crippen molar-refractivity contribution in [1.82, 2.24) is 14.5 Å². The van der Waals surface area contributed by atoms with E-state index in [1.807, 2.05) is 0 Å². The molecule has 0 saturated carbocycles. The van der Waals surface area contributed by atoms with Crippen LogP contribution in [-0.2, 0) is 17.1 Å². The molecule has 8 nitrogen and oxygen atoms in total. The fourth-order valence-corrected chi connectivity index (χ4v) is 2.72. The highest BCUT2D eigenvalue weighted by Crippen LogP contribution is 2.19. The van der Waals surface area contributed by atoms with Gasteiger partial charge in [0, 0.05) is 25.0 Å². The van der Waals surface area contributed by atoms with Crippen LogP contribution in [-0.4, -0.2) is 31.3 Å². The molecule has 0 aliphatic carbocycles. The number of hydrogen-bond donors (Lipinski definition) is 1. The summed E-state index contributed by atoms with van der Waals surface area (Å²) in [6.45, 7) is 0.0408. The Kier molecular flexibility index (Phi) is 4.13. The number of nitrogens with zero attached hydrogens (tertiary/aromatic N) is 5. The SMILES string of the molecule is Cn1ncc(Cl)c1S(=O)(=O)NCCN=[N+]=[N-]. The van der Waals surface area contributed by atoms with Gasteiger partial charge in [0.15, 0.2) is 5.03 Å². The van der Waals surface area contributed by atoms with Crippen LogP contribution in [0.2, 0.25) is 5.02 Å². The molecule has 1 aromatic heterocycles. The molecule has 0 bridgehead atoms. The van der Waals surface area contributed by atoms with E-state index in [0.717, 1.165) is 4.68 Å². The van der Waals surface area contributed by atoms with Crippen LogP contribution in [0.4, 0.5) is 0 Å². The molecule has 16 heavy (non-hydrogen) atoms. The standard InChI is InChI=1S/C6H9ClN6O2S/c1-13-6(5(7)4-10-13)16(14,15)11-3-2-9-12-8/h4,11H,2-3H2,1H3. The molecule has 1 heterocycles. The van der Waals surface area contributed by atoms with Crippen LogP contribution >= 0.6 is 11.6 Å². The van der Waals surface area contributed by atoms with Crippen molar-refractivity contribution in [3.8, 4) is 0 Å². The van der Waals surface area contributed by atoms with E-state index in [2.05, 4.69) is 19.8 Å². The van der Waals surface area contributed by atoms with Gasteiger partial charge in [0.05, 0.1) is 11.2 Å². The first kappa shape index (κ1) is 12.8. The number of nitrogens with one attached hydrogen (secondary N) is 1. The van der Waals surface area contributed by atoms with Crippen molar-refractivity contribution < 1.29 is 8.42 Å². The van der Waals surface area contributed by atoms with Crippen LogP contribution in [0.3, 0.4) is 0 Å². The van der Waals surface area contributed by atoms with Crippen molar-refractivity contribution in [3.05, 3.63) is 21.7 Å². The lowest BCUT2D eigenvalue weighted by atomic mass is 10.7. The monoisotopic (exact) mass is 264 g/mol. The average Bonchev–Trinajstić information content (AvgIpc) is 2.54. The first-order valence-corrected chi connectivity index (χ1v) is 6.03. The molecule has 0 aliphatic rings. The number of halogens is 1. The number of hydrogen-bond acceptors (Lipinski definition) is 4. The van der Waals surface area contributed by atoms with Gasteiger partial charge in [-0.15, -0.1) is 0 Å². The zero-order valence-corrected chi connectivity index (χ0v) is 9.90. The van der Waals surface area contributed by atoms with E-state index in [1.165, 1.54) is 13.2 Å². The van der Waals surface area contributed by atoms with E-state index < -0.39 is 10.0 Å². The van der Waals surface area contributed by atoms with Crippen LogP contribution < -0.4 is 4.72 Å². The zero-order valence-electron chi connectivity index (χ0n) is 8.33. The second kappa shape index (κ2) is 5.17. The Hall–Kier alpha value is -1.28. The zero-order chi connectivity index (χ0) is 12.2. The van der Waals surface area contributed by atoms with Gasteiger partial charge in [-0.3, -0.25) is 4.68 Å². The minimum absolute atomic E-state index is 0.00784. The van der Waals surface area contributed by atoms with Crippen LogP contribution in [0.5, 0.6) is 0 Å². The summed E-state index contributed by atoms with van der Waals surface area (Å²) in [5.74, 6) is 0. The van der Waals surface area contributed by atoms with E-state index in [4.69, 9.17) is 17.1 Å². The first-order valence-electron chi connectivity index (χ1n) is 4.17. The molecule has 0 aliphatic heterocycles. The largest absolute Gasteiger partial charge is 0.259 e. The molecular formula is C6H9ClN6O2S. The van der Waals surface area contributed by atoms with Crippen molar-refractivity contribution in [2.24, 2.45) is 12.2 Å². The van der Waals surface area contributed by atoms with Crippen LogP contribution in [0.25, 0.3) is 10.4 Å². The molecule has 0 unspecified atom stereocenters. The number of aromatic nitrogens is 2. The summed E-state index contributed by atoms with van der Waals surface area (Å²) in [6.07, 6.45) is 1.24. The number of aryl methyl sites for hydroxylation is 1. The van der Waals surface area contributed by atoms with Gasteiger partial charge >= 0.3 is 0 Å². The van der Waals surface area contributed by atoms with Gasteiger partial charge in [0.1, 0.15) is 0 Å². The van der Waals surface area contributed by atoms with E-state index in [1.54, 1.807) is 0 Å². The van der Waals surface area contributed by atoms with Crippen LogP contribution in [0.15, 0.2) is 16.3 Å². The maximum atomic E-state index is 11.7. The van der Waals surface area contributed by atoms with E-state index in [-0.39, 0.29) is 23.1 Å². The lowest BCUT2D eigenvalue weighted by Gasteiger charge is -2.05. The number of rotatable bonds is 5. The molecule has 0 fully saturated rings. The second-order valence-corrected chi connectivity index (χ2v) is 4.86. The minimum atomic E-state index is -3.72. The third-order valence-corrected chi connectivity index (χ3v) is 3.63. The number of azide groups is 1. The summed E-state index contributed by atoms with van der Waals surface area (Å²) < 4.78 is 26.8. The molecule has 0 amide bonds. The molecule has 0 radical (unpaired) electrons. The Morgan fingerprint density at radius 2 is 2.44 bits per heavy atom. The summed E-state index contributed by atoms with van der Waals surface area (Å²) in [7, 11) is -2.26. The summed E-state index contributed by atoms with van der Waals surface area (Å²) in [4.78, 5) is 2.50. The Morgan fingerprint density at radius 3 is 2.94 bits per heavy atom. The maximum Gasteiger partial charge on any atom is 0.259 e. The molecular weight excluding hydrogens is 256 g/mol. The van der Waals surface area contributed by atoms with Crippen molar-refractivity contribution in [2.75, 3.05) is 13.1 Å². The summed E-state index contributed by atoms with van der Waals surface area (Å²) in [5, 5.41) is 6.83. The first-order chi connectivity index (χ1) is 7.49. The van der Waals surface area contributed by atoms with E-state index in [0.29, 0.717) is 0 Å². The molecule has 88 valence electrons. The van der Waals surface area contributed by atoms with Gasteiger partial charge in [0.25, 0.3) is 10.0 Å². The molecule has 0 atom stereocenters. The van der Waals surface area contributed by atoms with Crippen LogP contribution in [0.1, 0.15) is 0 Å². The lowest BCUT2D eigenvalue weighted by Crippen LogP contribution is -2.28. The molecule has 1 N–H and O–H groups in total. The van der Waals surface area contributed by atoms with Crippen LogP contribution in [0, 0.1) is 0 Å². The Balaban J connectivity index is 2.82. The predicted octanol–water partition coefficient (Wildman–Crippen LogP) is 0.662. The fraction of sp³-hybridized carbons (Fsp3) is 0.500. The summed E-state index contributed by atoms with van der Waals surface area (Å²) in [5.41, 5.74) is 8.01. The quantitative estimate of drug-likeness (QED) is 0.365. The molecule has 0 saturated heterocycles. The Bertz CT molecular complexity index is 498. The van der Waals surface area contributed by atoms with Crippen molar-refractivity contribution in [1.29, 1.82) is 0 Å². The average molecular weight is 265 g/mol. The maximum absolute atomic E-state index is 11.7. The Morgan fingerprint density at radius 1 is 1.75 bits per heavy atom. The predicted molar refractivity (Wildman–Crippen MR) is 57.4 cm³/mol. The normalized spacial score (nSPS) is 11.1. The highest BCUT2D eigenvalue weighted by molar-refractivity contribution is 7.89. The molecule has 1 aromatic rings. The van der Waals surface area contributed by atoms with Gasteiger partial charge < -0.3 is 0 Å². The lowest BCUT2D eigenvalue weighted by molar-refractivity contribution is 0.564. The van der Waals surface area contributed by atoms with Crippen molar-refractivity contribution >= 4 is 21.6 Å². The smallest absolute Gasteiger partial charge is 0.255 e. The summed E-state index contributed by atoms with van der Waals surface area (Å²) in [6, 6.07) is 0. The minimum Gasteiger partial charge on any atom is -0.255 e. The highest BCUT2D eigenvalue weighted by atomic mass is 35.5. The van der Waals surface area contributed by atoms with Crippen molar-refractivity contribution in [3.63, 3.8) is 0 Å². The Labute approximate surface area is 96.9 Å². The highest BCUT2D eigenvalue weighted by Gasteiger charge is 2.21. The second-order valence-electron chi connectivity index (χ2n) is 2.77. The van der Waals surface area contributed by atoms with Gasteiger partial charge in [-0.25, -0.2) is 13.1 Å². The third kappa shape index (κ3) is 2.86. The molecule has 0 spiro atoms. The molecule has 1 rings (SSSR count). The third-order valence-electron chi connectivity index (χ3n) is 1.66. The number of sulfonamides is 1.